The van der Waals surface area contributed by atoms with Gasteiger partial charge >= 0.3 is 0 Å². The van der Waals surface area contributed by atoms with Gasteiger partial charge in [-0.15, -0.1) is 0 Å². The maximum atomic E-state index is 8.55. The normalized spacial score (nSPS) is 11.0. The van der Waals surface area contributed by atoms with Crippen molar-refractivity contribution in [3.63, 3.8) is 0 Å². The Morgan fingerprint density at radius 1 is 0.560 bits per heavy atom. The average molecular weight is 326 g/mol. The molecule has 25 heavy (non-hydrogen) atoms. The Morgan fingerprint density at radius 2 is 0.960 bits per heavy atom. The van der Waals surface area contributed by atoms with E-state index in [-0.39, 0.29) is 5.92 Å². The van der Waals surface area contributed by atoms with Crippen molar-refractivity contribution in [2.75, 3.05) is 0 Å². The van der Waals surface area contributed by atoms with Crippen molar-refractivity contribution in [3.05, 3.63) is 116 Å². The summed E-state index contributed by atoms with van der Waals surface area (Å²) in [7, 11) is 0. The van der Waals surface area contributed by atoms with Gasteiger partial charge in [-0.3, -0.25) is 0 Å². The summed E-state index contributed by atoms with van der Waals surface area (Å²) in [6.07, 6.45) is 0. The van der Waals surface area contributed by atoms with E-state index in [1.54, 1.807) is 24.3 Å². The average Bonchev–Trinajstić information content (AvgIpc) is 2.66. The lowest BCUT2D eigenvalue weighted by Gasteiger charge is -2.19. The van der Waals surface area contributed by atoms with Gasteiger partial charge in [0.05, 0.1) is 0 Å². The molecular formula is C19H14N6. The van der Waals surface area contributed by atoms with Gasteiger partial charge in [0.25, 0.3) is 0 Å². The molecule has 0 radical (unpaired) electrons. The SMILES string of the molecule is [N-]=[N+]=Nc1ccc(C(c2ccccc2)c2ccc(N=[N+]=[N-])cc2)cc1. The summed E-state index contributed by atoms with van der Waals surface area (Å²) in [4.78, 5) is 5.62. The van der Waals surface area contributed by atoms with Gasteiger partial charge in [0, 0.05) is 27.1 Å². The van der Waals surface area contributed by atoms with Crippen molar-refractivity contribution in [1.29, 1.82) is 0 Å². The first-order valence-corrected chi connectivity index (χ1v) is 7.67. The maximum absolute atomic E-state index is 8.55. The zero-order chi connectivity index (χ0) is 17.5. The molecule has 0 aromatic heterocycles. The van der Waals surface area contributed by atoms with E-state index in [4.69, 9.17) is 11.1 Å². The molecule has 6 heteroatoms. The Labute approximate surface area is 144 Å². The monoisotopic (exact) mass is 326 g/mol. The van der Waals surface area contributed by atoms with Crippen LogP contribution in [0.5, 0.6) is 0 Å². The molecule has 0 aliphatic carbocycles. The van der Waals surface area contributed by atoms with E-state index in [1.807, 2.05) is 42.5 Å². The third-order valence-electron chi connectivity index (χ3n) is 3.91. The Morgan fingerprint density at radius 3 is 1.36 bits per heavy atom. The molecular weight excluding hydrogens is 312 g/mol. The standard InChI is InChI=1S/C19H14N6/c20-24-22-17-10-6-15(7-11-17)19(14-4-2-1-3-5-14)16-8-12-18(13-9-16)23-25-21/h1-13,19H. The first-order chi connectivity index (χ1) is 12.3. The second kappa shape index (κ2) is 7.70. The summed E-state index contributed by atoms with van der Waals surface area (Å²) in [5.74, 6) is 0.0291. The van der Waals surface area contributed by atoms with Crippen LogP contribution in [0, 0.1) is 0 Å². The van der Waals surface area contributed by atoms with E-state index in [0.717, 1.165) is 16.7 Å². The minimum Gasteiger partial charge on any atom is -0.0622 e. The van der Waals surface area contributed by atoms with Crippen molar-refractivity contribution in [2.24, 2.45) is 10.2 Å². The molecule has 0 saturated carbocycles. The maximum Gasteiger partial charge on any atom is 0.0375 e. The fourth-order valence-corrected chi connectivity index (χ4v) is 2.79. The second-order valence-electron chi connectivity index (χ2n) is 5.41. The van der Waals surface area contributed by atoms with Crippen LogP contribution in [0.2, 0.25) is 0 Å². The third-order valence-corrected chi connectivity index (χ3v) is 3.91. The molecule has 0 unspecified atom stereocenters. The van der Waals surface area contributed by atoms with Crippen LogP contribution in [0.1, 0.15) is 22.6 Å². The van der Waals surface area contributed by atoms with Crippen LogP contribution in [0.3, 0.4) is 0 Å². The van der Waals surface area contributed by atoms with Crippen LogP contribution in [0.15, 0.2) is 89.1 Å². The Hall–Kier alpha value is -3.72. The van der Waals surface area contributed by atoms with Gasteiger partial charge in [-0.05, 0) is 27.8 Å². The van der Waals surface area contributed by atoms with Crippen LogP contribution in [-0.4, -0.2) is 0 Å². The highest BCUT2D eigenvalue weighted by Gasteiger charge is 2.16. The molecule has 6 nitrogen and oxygen atoms in total. The molecule has 3 rings (SSSR count). The molecule has 0 saturated heterocycles. The minimum absolute atomic E-state index is 0.0291. The van der Waals surface area contributed by atoms with Gasteiger partial charge in [-0.1, -0.05) is 89.1 Å². The molecule has 120 valence electrons. The molecule has 0 amide bonds. The molecule has 3 aromatic carbocycles. The highest BCUT2D eigenvalue weighted by Crippen LogP contribution is 2.33. The van der Waals surface area contributed by atoms with Crippen molar-refractivity contribution in [2.45, 2.75) is 5.92 Å². The largest absolute Gasteiger partial charge is 0.0622 e. The lowest BCUT2D eigenvalue weighted by Crippen LogP contribution is -2.02. The van der Waals surface area contributed by atoms with Crippen molar-refractivity contribution in [1.82, 2.24) is 0 Å². The van der Waals surface area contributed by atoms with E-state index in [2.05, 4.69) is 32.2 Å². The fourth-order valence-electron chi connectivity index (χ4n) is 2.79. The summed E-state index contributed by atoms with van der Waals surface area (Å²) >= 11 is 0. The van der Waals surface area contributed by atoms with Gasteiger partial charge in [0.15, 0.2) is 0 Å². The quantitative estimate of drug-likeness (QED) is 0.214. The fraction of sp³-hybridized carbons (Fsp3) is 0.0526. The van der Waals surface area contributed by atoms with Gasteiger partial charge in [-0.2, -0.15) is 0 Å². The van der Waals surface area contributed by atoms with Crippen LogP contribution < -0.4 is 0 Å². The van der Waals surface area contributed by atoms with Gasteiger partial charge < -0.3 is 0 Å². The van der Waals surface area contributed by atoms with Crippen molar-refractivity contribution < 1.29 is 0 Å². The molecule has 0 N–H and O–H groups in total. The Kier molecular flexibility index (Phi) is 4.98. The van der Waals surface area contributed by atoms with Crippen LogP contribution in [0.25, 0.3) is 20.9 Å². The molecule has 0 aliphatic rings. The summed E-state index contributed by atoms with van der Waals surface area (Å²) < 4.78 is 0. The van der Waals surface area contributed by atoms with Crippen molar-refractivity contribution >= 4 is 11.4 Å². The van der Waals surface area contributed by atoms with E-state index in [9.17, 15) is 0 Å². The van der Waals surface area contributed by atoms with Crippen molar-refractivity contribution in [3.8, 4) is 0 Å². The molecule has 0 bridgehead atoms. The Bertz CT molecular complexity index is 874. The molecule has 0 spiro atoms. The molecule has 0 heterocycles. The molecule has 0 aliphatic heterocycles. The van der Waals surface area contributed by atoms with Gasteiger partial charge in [-0.25, -0.2) is 0 Å². The molecule has 0 atom stereocenters. The summed E-state index contributed by atoms with van der Waals surface area (Å²) in [6, 6.07) is 25.2. The molecule has 0 fully saturated rings. The summed E-state index contributed by atoms with van der Waals surface area (Å²) in [5.41, 5.74) is 21.6. The first-order valence-electron chi connectivity index (χ1n) is 7.67. The first kappa shape index (κ1) is 16.1. The second-order valence-corrected chi connectivity index (χ2v) is 5.41. The number of benzene rings is 3. The lowest BCUT2D eigenvalue weighted by atomic mass is 9.85. The number of nitrogens with zero attached hydrogens (tertiary/aromatic N) is 6. The predicted molar refractivity (Wildman–Crippen MR) is 97.9 cm³/mol. The van der Waals surface area contributed by atoms with E-state index < -0.39 is 0 Å². The number of hydrogen-bond donors (Lipinski definition) is 0. The zero-order valence-electron chi connectivity index (χ0n) is 13.3. The van der Waals surface area contributed by atoms with E-state index >= 15 is 0 Å². The highest BCUT2D eigenvalue weighted by atomic mass is 15.1. The van der Waals surface area contributed by atoms with Gasteiger partial charge in [0.2, 0.25) is 0 Å². The lowest BCUT2D eigenvalue weighted by molar-refractivity contribution is 0.977. The van der Waals surface area contributed by atoms with Crippen LogP contribution >= 0.6 is 0 Å². The summed E-state index contributed by atoms with van der Waals surface area (Å²) in [6.45, 7) is 0. The zero-order valence-corrected chi connectivity index (χ0v) is 13.3. The minimum atomic E-state index is 0.0291. The van der Waals surface area contributed by atoms with E-state index in [1.165, 1.54) is 0 Å². The summed E-state index contributed by atoms with van der Waals surface area (Å²) in [5, 5.41) is 7.24. The highest BCUT2D eigenvalue weighted by molar-refractivity contribution is 5.49. The van der Waals surface area contributed by atoms with E-state index in [0.29, 0.717) is 11.4 Å². The number of azide groups is 2. The molecule has 3 aromatic rings. The van der Waals surface area contributed by atoms with Gasteiger partial charge in [0.1, 0.15) is 0 Å². The smallest absolute Gasteiger partial charge is 0.0375 e. The topological polar surface area (TPSA) is 97.5 Å². The van der Waals surface area contributed by atoms with Crippen LogP contribution in [-0.2, 0) is 0 Å². The number of hydrogen-bond acceptors (Lipinski definition) is 2. The Balaban J connectivity index is 2.06. The van der Waals surface area contributed by atoms with Crippen LogP contribution in [0.4, 0.5) is 11.4 Å². The predicted octanol–water partition coefficient (Wildman–Crippen LogP) is 6.75. The third kappa shape index (κ3) is 3.79. The number of rotatable bonds is 5.